The number of nitrogens with two attached hydrogens (primary N) is 1. The first kappa shape index (κ1) is 17.8. The third-order valence-electron chi connectivity index (χ3n) is 4.50. The second kappa shape index (κ2) is 7.89. The topological polar surface area (TPSA) is 80.9 Å². The van der Waals surface area contributed by atoms with Crippen LogP contribution in [0.2, 0.25) is 0 Å². The van der Waals surface area contributed by atoms with E-state index in [9.17, 15) is 4.79 Å². The van der Waals surface area contributed by atoms with Gasteiger partial charge in [0.25, 0.3) is 0 Å². The van der Waals surface area contributed by atoms with Gasteiger partial charge < -0.3 is 5.73 Å². The molecule has 3 rings (SSSR count). The minimum Gasteiger partial charge on any atom is -0.368 e. The zero-order chi connectivity index (χ0) is 18.4. The van der Waals surface area contributed by atoms with E-state index in [1.807, 2.05) is 55.5 Å². The number of primary amides is 1. The highest BCUT2D eigenvalue weighted by molar-refractivity contribution is 5.86. The number of benzene rings is 1. The van der Waals surface area contributed by atoms with Crippen LogP contribution in [0.5, 0.6) is 0 Å². The van der Waals surface area contributed by atoms with Gasteiger partial charge in [-0.1, -0.05) is 35.9 Å². The van der Waals surface area contributed by atoms with Gasteiger partial charge >= 0.3 is 0 Å². The molecule has 0 aliphatic heterocycles. The molecule has 0 spiro atoms. The summed E-state index contributed by atoms with van der Waals surface area (Å²) in [6.45, 7) is 2.51. The van der Waals surface area contributed by atoms with E-state index in [-0.39, 0.29) is 0 Å². The van der Waals surface area contributed by atoms with E-state index < -0.39 is 11.4 Å². The third-order valence-corrected chi connectivity index (χ3v) is 4.50. The number of carbonyl (C=O) groups is 1. The van der Waals surface area contributed by atoms with Crippen LogP contribution in [-0.2, 0) is 23.3 Å². The standard InChI is InChI=1S/C21H22N4O/c1-16-4-6-19(7-5-16)21(20(22)26,13-18-3-2-10-24-14-18)25-15-17-8-11-23-12-9-17/h2-12,14,25H,13,15H2,1H3,(H2,22,26). The lowest BCUT2D eigenvalue weighted by atomic mass is 9.82. The predicted octanol–water partition coefficient (Wildman–Crippen LogP) is 2.50. The number of hydrogen-bond acceptors (Lipinski definition) is 4. The van der Waals surface area contributed by atoms with Crippen molar-refractivity contribution in [2.45, 2.75) is 25.4 Å². The van der Waals surface area contributed by atoms with Gasteiger partial charge in [-0.15, -0.1) is 0 Å². The van der Waals surface area contributed by atoms with Crippen LogP contribution in [0.4, 0.5) is 0 Å². The van der Waals surface area contributed by atoms with Gasteiger partial charge in [0, 0.05) is 37.8 Å². The Kier molecular flexibility index (Phi) is 5.39. The molecule has 132 valence electrons. The molecule has 5 heteroatoms. The van der Waals surface area contributed by atoms with Crippen LogP contribution in [0.3, 0.4) is 0 Å². The number of aryl methyl sites for hydroxylation is 1. The van der Waals surface area contributed by atoms with E-state index in [2.05, 4.69) is 15.3 Å². The highest BCUT2D eigenvalue weighted by Gasteiger charge is 2.38. The smallest absolute Gasteiger partial charge is 0.242 e. The molecule has 1 amide bonds. The summed E-state index contributed by atoms with van der Waals surface area (Å²) in [5.74, 6) is -0.417. The van der Waals surface area contributed by atoms with Gasteiger partial charge in [-0.05, 0) is 41.8 Å². The van der Waals surface area contributed by atoms with Gasteiger partial charge in [0.2, 0.25) is 5.91 Å². The average molecular weight is 346 g/mol. The third kappa shape index (κ3) is 3.95. The zero-order valence-corrected chi connectivity index (χ0v) is 14.7. The van der Waals surface area contributed by atoms with E-state index >= 15 is 0 Å². The van der Waals surface area contributed by atoms with E-state index in [0.29, 0.717) is 13.0 Å². The van der Waals surface area contributed by atoms with Crippen LogP contribution in [-0.4, -0.2) is 15.9 Å². The Balaban J connectivity index is 1.99. The van der Waals surface area contributed by atoms with E-state index in [4.69, 9.17) is 5.73 Å². The molecule has 0 saturated heterocycles. The molecule has 2 heterocycles. The molecule has 0 aliphatic rings. The Morgan fingerprint density at radius 3 is 2.35 bits per heavy atom. The molecule has 2 aromatic heterocycles. The van der Waals surface area contributed by atoms with E-state index in [0.717, 1.165) is 22.3 Å². The molecular weight excluding hydrogens is 324 g/mol. The van der Waals surface area contributed by atoms with Gasteiger partial charge in [0.1, 0.15) is 5.54 Å². The van der Waals surface area contributed by atoms with Crippen molar-refractivity contribution in [3.8, 4) is 0 Å². The second-order valence-corrected chi connectivity index (χ2v) is 6.38. The molecule has 0 fully saturated rings. The molecule has 0 bridgehead atoms. The van der Waals surface area contributed by atoms with Crippen LogP contribution in [0.1, 0.15) is 22.3 Å². The summed E-state index contributed by atoms with van der Waals surface area (Å²) in [5, 5.41) is 3.40. The van der Waals surface area contributed by atoms with Crippen LogP contribution in [0.15, 0.2) is 73.3 Å². The summed E-state index contributed by atoms with van der Waals surface area (Å²) in [5.41, 5.74) is 8.83. The lowest BCUT2D eigenvalue weighted by Gasteiger charge is -2.33. The molecule has 0 aliphatic carbocycles. The van der Waals surface area contributed by atoms with Crippen LogP contribution in [0, 0.1) is 6.92 Å². The number of aromatic nitrogens is 2. The summed E-state index contributed by atoms with van der Waals surface area (Å²) < 4.78 is 0. The molecule has 0 radical (unpaired) electrons. The van der Waals surface area contributed by atoms with Gasteiger partial charge in [0.05, 0.1) is 0 Å². The van der Waals surface area contributed by atoms with Crippen LogP contribution < -0.4 is 11.1 Å². The lowest BCUT2D eigenvalue weighted by molar-refractivity contribution is -0.125. The Hall–Kier alpha value is -3.05. The SMILES string of the molecule is Cc1ccc(C(Cc2cccnc2)(NCc2ccncc2)C(N)=O)cc1. The van der Waals surface area contributed by atoms with Crippen LogP contribution in [0.25, 0.3) is 0 Å². The highest BCUT2D eigenvalue weighted by Crippen LogP contribution is 2.27. The molecule has 26 heavy (non-hydrogen) atoms. The summed E-state index contributed by atoms with van der Waals surface area (Å²) in [4.78, 5) is 20.9. The molecule has 3 aromatic rings. The average Bonchev–Trinajstić information content (AvgIpc) is 2.67. The molecule has 1 atom stereocenters. The molecule has 1 aromatic carbocycles. The van der Waals surface area contributed by atoms with Crippen molar-refractivity contribution in [3.63, 3.8) is 0 Å². The molecule has 3 N–H and O–H groups in total. The van der Waals surface area contributed by atoms with Crippen LogP contribution >= 0.6 is 0 Å². The Bertz CT molecular complexity index is 850. The van der Waals surface area contributed by atoms with Crippen molar-refractivity contribution in [2.75, 3.05) is 0 Å². The Labute approximate surface area is 153 Å². The fraction of sp³-hybridized carbons (Fsp3) is 0.190. The maximum absolute atomic E-state index is 12.7. The largest absolute Gasteiger partial charge is 0.368 e. The normalized spacial score (nSPS) is 13.1. The molecular formula is C21H22N4O. The maximum Gasteiger partial charge on any atom is 0.242 e. The van der Waals surface area contributed by atoms with Crippen molar-refractivity contribution in [2.24, 2.45) is 5.73 Å². The number of nitrogens with one attached hydrogen (secondary N) is 1. The monoisotopic (exact) mass is 346 g/mol. The number of hydrogen-bond donors (Lipinski definition) is 2. The summed E-state index contributed by atoms with van der Waals surface area (Å²) >= 11 is 0. The highest BCUT2D eigenvalue weighted by atomic mass is 16.1. The minimum absolute atomic E-state index is 0.417. The van der Waals surface area contributed by atoms with Crippen molar-refractivity contribution in [3.05, 3.63) is 95.6 Å². The van der Waals surface area contributed by atoms with Crippen molar-refractivity contribution in [1.82, 2.24) is 15.3 Å². The first-order chi connectivity index (χ1) is 12.6. The molecule has 0 saturated carbocycles. The van der Waals surface area contributed by atoms with Crippen molar-refractivity contribution < 1.29 is 4.79 Å². The van der Waals surface area contributed by atoms with Gasteiger partial charge in [-0.2, -0.15) is 0 Å². The number of nitrogens with zero attached hydrogens (tertiary/aromatic N) is 2. The second-order valence-electron chi connectivity index (χ2n) is 6.38. The quantitative estimate of drug-likeness (QED) is 0.689. The fourth-order valence-corrected chi connectivity index (χ4v) is 2.98. The fourth-order valence-electron chi connectivity index (χ4n) is 2.98. The first-order valence-electron chi connectivity index (χ1n) is 8.50. The Morgan fingerprint density at radius 2 is 1.73 bits per heavy atom. The number of rotatable bonds is 7. The number of pyridine rings is 2. The number of amides is 1. The first-order valence-corrected chi connectivity index (χ1v) is 8.50. The molecule has 1 unspecified atom stereocenters. The zero-order valence-electron chi connectivity index (χ0n) is 14.7. The number of carbonyl (C=O) groups excluding carboxylic acids is 1. The van der Waals surface area contributed by atoms with E-state index in [1.165, 1.54) is 0 Å². The summed E-state index contributed by atoms with van der Waals surface area (Å²) in [7, 11) is 0. The van der Waals surface area contributed by atoms with Gasteiger partial charge in [0.15, 0.2) is 0 Å². The van der Waals surface area contributed by atoms with Crippen molar-refractivity contribution in [1.29, 1.82) is 0 Å². The summed E-state index contributed by atoms with van der Waals surface area (Å²) in [6, 6.07) is 15.5. The predicted molar refractivity (Wildman–Crippen MR) is 101 cm³/mol. The lowest BCUT2D eigenvalue weighted by Crippen LogP contribution is -2.54. The van der Waals surface area contributed by atoms with Gasteiger partial charge in [-0.25, -0.2) is 0 Å². The van der Waals surface area contributed by atoms with E-state index in [1.54, 1.807) is 24.8 Å². The van der Waals surface area contributed by atoms with Crippen molar-refractivity contribution >= 4 is 5.91 Å². The summed E-state index contributed by atoms with van der Waals surface area (Å²) in [6.07, 6.45) is 7.36. The maximum atomic E-state index is 12.7. The minimum atomic E-state index is -1.03. The molecule has 5 nitrogen and oxygen atoms in total. The Morgan fingerprint density at radius 1 is 1.00 bits per heavy atom. The van der Waals surface area contributed by atoms with Gasteiger partial charge in [-0.3, -0.25) is 20.1 Å².